The Labute approximate surface area is 107 Å². The number of hydrogen-bond donors (Lipinski definition) is 3. The third kappa shape index (κ3) is 2.48. The zero-order chi connectivity index (χ0) is 13.1. The molecule has 0 bridgehead atoms. The fourth-order valence-electron chi connectivity index (χ4n) is 2.57. The van der Waals surface area contributed by atoms with Crippen molar-refractivity contribution in [3.05, 3.63) is 29.6 Å². The highest BCUT2D eigenvalue weighted by Crippen LogP contribution is 2.34. The third-order valence-corrected chi connectivity index (χ3v) is 3.41. The molecule has 1 aromatic carbocycles. The molecule has 3 atom stereocenters. The Morgan fingerprint density at radius 3 is 2.83 bits per heavy atom. The quantitative estimate of drug-likeness (QED) is 0.760. The van der Waals surface area contributed by atoms with Crippen molar-refractivity contribution in [2.75, 3.05) is 7.11 Å². The first-order valence-corrected chi connectivity index (χ1v) is 6.27. The van der Waals surface area contributed by atoms with Gasteiger partial charge in [-0.1, -0.05) is 13.3 Å². The molecule has 4 nitrogen and oxygen atoms in total. The minimum absolute atomic E-state index is 0.00981. The van der Waals surface area contributed by atoms with Crippen LogP contribution in [0.2, 0.25) is 0 Å². The van der Waals surface area contributed by atoms with Gasteiger partial charge < -0.3 is 10.5 Å². The summed E-state index contributed by atoms with van der Waals surface area (Å²) in [6.07, 6.45) is 1.78. The van der Waals surface area contributed by atoms with Crippen LogP contribution in [0.3, 0.4) is 0 Å². The summed E-state index contributed by atoms with van der Waals surface area (Å²) in [6, 6.07) is 4.76. The van der Waals surface area contributed by atoms with Crippen molar-refractivity contribution < 1.29 is 9.13 Å². The number of hydrazine groups is 1. The SMILES string of the molecule is CCCC1NNC(N)C1c1cc(F)ccc1OC. The lowest BCUT2D eigenvalue weighted by atomic mass is 9.88. The topological polar surface area (TPSA) is 59.3 Å². The van der Waals surface area contributed by atoms with Crippen LogP contribution in [-0.2, 0) is 0 Å². The molecule has 1 aromatic rings. The van der Waals surface area contributed by atoms with Gasteiger partial charge in [0.15, 0.2) is 0 Å². The van der Waals surface area contributed by atoms with Gasteiger partial charge in [0.05, 0.1) is 13.3 Å². The van der Waals surface area contributed by atoms with E-state index in [1.807, 2.05) is 0 Å². The second kappa shape index (κ2) is 5.65. The molecule has 100 valence electrons. The van der Waals surface area contributed by atoms with Gasteiger partial charge in [-0.25, -0.2) is 9.82 Å². The number of nitrogens with one attached hydrogen (secondary N) is 2. The van der Waals surface area contributed by atoms with Crippen molar-refractivity contribution >= 4 is 0 Å². The Bertz CT molecular complexity index is 411. The molecule has 0 amide bonds. The standard InChI is InChI=1S/C13H20FN3O/c1-3-4-10-12(13(15)17-16-10)9-7-8(14)5-6-11(9)18-2/h5-7,10,12-13,16-17H,3-4,15H2,1-2H3. The zero-order valence-corrected chi connectivity index (χ0v) is 10.7. The van der Waals surface area contributed by atoms with Crippen LogP contribution >= 0.6 is 0 Å². The normalized spacial score (nSPS) is 27.4. The number of nitrogens with two attached hydrogens (primary N) is 1. The van der Waals surface area contributed by atoms with Crippen molar-refractivity contribution in [1.29, 1.82) is 0 Å². The van der Waals surface area contributed by atoms with Crippen LogP contribution in [0.5, 0.6) is 5.75 Å². The Hall–Kier alpha value is -1.17. The maximum absolute atomic E-state index is 13.4. The second-order valence-electron chi connectivity index (χ2n) is 4.62. The van der Waals surface area contributed by atoms with E-state index in [4.69, 9.17) is 10.5 Å². The van der Waals surface area contributed by atoms with Crippen molar-refractivity contribution in [2.45, 2.75) is 37.9 Å². The molecule has 0 spiro atoms. The summed E-state index contributed by atoms with van der Waals surface area (Å²) in [4.78, 5) is 0. The van der Waals surface area contributed by atoms with Gasteiger partial charge in [-0.05, 0) is 24.6 Å². The first kappa shape index (κ1) is 13.3. The summed E-state index contributed by atoms with van der Waals surface area (Å²) in [7, 11) is 1.59. The molecule has 1 saturated heterocycles. The lowest BCUT2D eigenvalue weighted by Gasteiger charge is -2.23. The van der Waals surface area contributed by atoms with E-state index in [0.717, 1.165) is 18.4 Å². The minimum Gasteiger partial charge on any atom is -0.496 e. The molecule has 3 unspecified atom stereocenters. The maximum Gasteiger partial charge on any atom is 0.123 e. The van der Waals surface area contributed by atoms with Gasteiger partial charge in [0.1, 0.15) is 11.6 Å². The van der Waals surface area contributed by atoms with Gasteiger partial charge >= 0.3 is 0 Å². The number of methoxy groups -OCH3 is 1. The fraction of sp³-hybridized carbons (Fsp3) is 0.538. The number of hydrogen-bond acceptors (Lipinski definition) is 4. The molecule has 1 aliphatic rings. The molecular formula is C13H20FN3O. The molecule has 2 rings (SSSR count). The highest BCUT2D eigenvalue weighted by molar-refractivity contribution is 5.39. The molecule has 0 saturated carbocycles. The number of ether oxygens (including phenoxy) is 1. The van der Waals surface area contributed by atoms with Crippen molar-refractivity contribution in [1.82, 2.24) is 10.9 Å². The van der Waals surface area contributed by atoms with E-state index in [2.05, 4.69) is 17.8 Å². The lowest BCUT2D eigenvalue weighted by Crippen LogP contribution is -2.38. The van der Waals surface area contributed by atoms with Crippen LogP contribution in [0.4, 0.5) is 4.39 Å². The van der Waals surface area contributed by atoms with Crippen LogP contribution in [0, 0.1) is 5.82 Å². The Morgan fingerprint density at radius 2 is 2.17 bits per heavy atom. The summed E-state index contributed by atoms with van der Waals surface area (Å²) in [5, 5.41) is 0. The fourth-order valence-corrected chi connectivity index (χ4v) is 2.57. The Morgan fingerprint density at radius 1 is 1.39 bits per heavy atom. The van der Waals surface area contributed by atoms with Gasteiger partial charge in [0.2, 0.25) is 0 Å². The molecular weight excluding hydrogens is 233 g/mol. The summed E-state index contributed by atoms with van der Waals surface area (Å²) >= 11 is 0. The molecule has 18 heavy (non-hydrogen) atoms. The molecule has 5 heteroatoms. The van der Waals surface area contributed by atoms with Crippen LogP contribution in [0.15, 0.2) is 18.2 Å². The average Bonchev–Trinajstić information content (AvgIpc) is 2.71. The number of benzene rings is 1. The first-order chi connectivity index (χ1) is 8.67. The van der Waals surface area contributed by atoms with Gasteiger partial charge in [0.25, 0.3) is 0 Å². The van der Waals surface area contributed by atoms with E-state index < -0.39 is 0 Å². The zero-order valence-electron chi connectivity index (χ0n) is 10.7. The summed E-state index contributed by atoms with van der Waals surface area (Å²) in [5.41, 5.74) is 13.1. The molecule has 1 fully saturated rings. The smallest absolute Gasteiger partial charge is 0.123 e. The molecule has 0 aromatic heterocycles. The van der Waals surface area contributed by atoms with Crippen molar-refractivity contribution in [3.63, 3.8) is 0 Å². The molecule has 4 N–H and O–H groups in total. The third-order valence-electron chi connectivity index (χ3n) is 3.41. The van der Waals surface area contributed by atoms with Gasteiger partial charge in [-0.3, -0.25) is 5.43 Å². The predicted octanol–water partition coefficient (Wildman–Crippen LogP) is 1.48. The van der Waals surface area contributed by atoms with Crippen LogP contribution < -0.4 is 21.3 Å². The lowest BCUT2D eigenvalue weighted by molar-refractivity contribution is 0.394. The maximum atomic E-state index is 13.4. The molecule has 0 aliphatic carbocycles. The number of halogens is 1. The predicted molar refractivity (Wildman–Crippen MR) is 68.6 cm³/mol. The van der Waals surface area contributed by atoms with E-state index in [1.165, 1.54) is 12.1 Å². The minimum atomic E-state index is -0.264. The summed E-state index contributed by atoms with van der Waals surface area (Å²) < 4.78 is 18.7. The Kier molecular flexibility index (Phi) is 4.16. The summed E-state index contributed by atoms with van der Waals surface area (Å²) in [6.45, 7) is 2.12. The van der Waals surface area contributed by atoms with Gasteiger partial charge in [-0.15, -0.1) is 0 Å². The monoisotopic (exact) mass is 253 g/mol. The van der Waals surface area contributed by atoms with E-state index in [1.54, 1.807) is 13.2 Å². The van der Waals surface area contributed by atoms with Crippen molar-refractivity contribution in [2.24, 2.45) is 5.73 Å². The van der Waals surface area contributed by atoms with E-state index >= 15 is 0 Å². The van der Waals surface area contributed by atoms with Crippen molar-refractivity contribution in [3.8, 4) is 5.75 Å². The first-order valence-electron chi connectivity index (χ1n) is 6.27. The Balaban J connectivity index is 2.35. The summed E-state index contributed by atoms with van der Waals surface area (Å²) in [5.74, 6) is 0.430. The highest BCUT2D eigenvalue weighted by Gasteiger charge is 2.36. The van der Waals surface area contributed by atoms with Gasteiger partial charge in [0, 0.05) is 17.5 Å². The van der Waals surface area contributed by atoms with Crippen LogP contribution in [-0.4, -0.2) is 19.3 Å². The number of rotatable bonds is 4. The van der Waals surface area contributed by atoms with Crippen LogP contribution in [0.25, 0.3) is 0 Å². The highest BCUT2D eigenvalue weighted by atomic mass is 19.1. The van der Waals surface area contributed by atoms with E-state index in [-0.39, 0.29) is 23.9 Å². The van der Waals surface area contributed by atoms with Crippen LogP contribution in [0.1, 0.15) is 31.2 Å². The van der Waals surface area contributed by atoms with Gasteiger partial charge in [-0.2, -0.15) is 0 Å². The molecule has 1 aliphatic heterocycles. The molecule has 0 radical (unpaired) electrons. The van der Waals surface area contributed by atoms with E-state index in [0.29, 0.717) is 5.75 Å². The molecule has 1 heterocycles. The van der Waals surface area contributed by atoms with E-state index in [9.17, 15) is 4.39 Å². The average molecular weight is 253 g/mol. The largest absolute Gasteiger partial charge is 0.496 e. The second-order valence-corrected chi connectivity index (χ2v) is 4.62.